The van der Waals surface area contributed by atoms with Gasteiger partial charge in [-0.2, -0.15) is 4.98 Å². The van der Waals surface area contributed by atoms with Gasteiger partial charge >= 0.3 is 11.4 Å². The first kappa shape index (κ1) is 27.2. The third-order valence-electron chi connectivity index (χ3n) is 5.71. The van der Waals surface area contributed by atoms with Gasteiger partial charge in [-0.3, -0.25) is 4.57 Å². The van der Waals surface area contributed by atoms with E-state index in [1.54, 1.807) is 30.3 Å². The van der Waals surface area contributed by atoms with Crippen molar-refractivity contribution in [2.75, 3.05) is 18.5 Å². The van der Waals surface area contributed by atoms with Crippen LogP contribution in [0.1, 0.15) is 38.7 Å². The molecule has 0 bridgehead atoms. The van der Waals surface area contributed by atoms with Crippen LogP contribution in [0.15, 0.2) is 52.1 Å². The minimum absolute atomic E-state index is 0.0382. The molecule has 1 N–H and O–H groups in total. The minimum Gasteiger partial charge on any atom is -0.489 e. The quantitative estimate of drug-likeness (QED) is 0.387. The highest BCUT2D eigenvalue weighted by Gasteiger charge is 2.17. The summed E-state index contributed by atoms with van der Waals surface area (Å²) in [7, 11) is 0. The lowest BCUT2D eigenvalue weighted by Gasteiger charge is -2.22. The van der Waals surface area contributed by atoms with E-state index < -0.39 is 11.4 Å². The van der Waals surface area contributed by atoms with Crippen molar-refractivity contribution in [1.29, 1.82) is 0 Å². The maximum Gasteiger partial charge on any atom is 0.355 e. The van der Waals surface area contributed by atoms with E-state index in [9.17, 15) is 9.59 Å². The highest BCUT2D eigenvalue weighted by atomic mass is 35.5. The molecule has 2 aromatic carbocycles. The van der Waals surface area contributed by atoms with Crippen LogP contribution in [-0.2, 0) is 22.6 Å². The molecule has 3 aromatic rings. The standard InChI is InChI=1S/C26H30Cl2N4O5/c1-17(2)37-22-11-10-20(15-21(22)28)29-24-30-25(33)31(12-14-36-23-5-3-4-13-35-23)26(34)32(24)16-18-6-8-19(27)9-7-18/h6-11,15,17,23H,3-5,12-14,16H2,1-2H3,(H,29,30,33). The summed E-state index contributed by atoms with van der Waals surface area (Å²) >= 11 is 12.4. The van der Waals surface area contributed by atoms with Crippen LogP contribution < -0.4 is 21.4 Å². The van der Waals surface area contributed by atoms with Gasteiger partial charge in [0.1, 0.15) is 5.75 Å². The summed E-state index contributed by atoms with van der Waals surface area (Å²) in [6.45, 7) is 4.84. The monoisotopic (exact) mass is 548 g/mol. The molecule has 9 nitrogen and oxygen atoms in total. The molecule has 1 atom stereocenters. The maximum atomic E-state index is 13.5. The van der Waals surface area contributed by atoms with Gasteiger partial charge in [0.05, 0.1) is 30.8 Å². The molecule has 37 heavy (non-hydrogen) atoms. The number of ether oxygens (including phenoxy) is 3. The number of benzene rings is 2. The fraction of sp³-hybridized carbons (Fsp3) is 0.423. The third-order valence-corrected chi connectivity index (χ3v) is 6.26. The highest BCUT2D eigenvalue weighted by molar-refractivity contribution is 6.32. The van der Waals surface area contributed by atoms with Crippen LogP contribution in [0, 0.1) is 0 Å². The van der Waals surface area contributed by atoms with Gasteiger partial charge in [-0.1, -0.05) is 35.3 Å². The van der Waals surface area contributed by atoms with Crippen LogP contribution in [0.2, 0.25) is 10.0 Å². The van der Waals surface area contributed by atoms with Crippen LogP contribution in [0.3, 0.4) is 0 Å². The summed E-state index contributed by atoms with van der Waals surface area (Å²) in [6.07, 6.45) is 2.46. The van der Waals surface area contributed by atoms with Gasteiger partial charge in [-0.05, 0) is 69.0 Å². The molecule has 11 heteroatoms. The molecule has 0 radical (unpaired) electrons. The number of nitrogens with one attached hydrogen (secondary N) is 1. The molecule has 1 aliphatic rings. The van der Waals surface area contributed by atoms with Crippen molar-refractivity contribution in [3.63, 3.8) is 0 Å². The van der Waals surface area contributed by atoms with E-state index in [0.29, 0.717) is 28.1 Å². The molecule has 0 saturated carbocycles. The maximum absolute atomic E-state index is 13.5. The second-order valence-electron chi connectivity index (χ2n) is 8.97. The van der Waals surface area contributed by atoms with Crippen LogP contribution >= 0.6 is 23.2 Å². The van der Waals surface area contributed by atoms with Gasteiger partial charge in [0.2, 0.25) is 5.95 Å². The fourth-order valence-corrected chi connectivity index (χ4v) is 4.26. The first-order chi connectivity index (χ1) is 17.8. The van der Waals surface area contributed by atoms with Crippen LogP contribution in [0.5, 0.6) is 5.75 Å². The highest BCUT2D eigenvalue weighted by Crippen LogP contribution is 2.29. The lowest BCUT2D eigenvalue weighted by Crippen LogP contribution is -2.43. The van der Waals surface area contributed by atoms with Gasteiger partial charge in [-0.15, -0.1) is 0 Å². The Hall–Kier alpha value is -2.85. The fourth-order valence-electron chi connectivity index (χ4n) is 3.91. The number of anilines is 2. The molecule has 4 rings (SSSR count). The summed E-state index contributed by atoms with van der Waals surface area (Å²) in [5.41, 5.74) is 0.162. The first-order valence-electron chi connectivity index (χ1n) is 12.2. The predicted molar refractivity (Wildman–Crippen MR) is 143 cm³/mol. The van der Waals surface area contributed by atoms with Crippen molar-refractivity contribution in [1.82, 2.24) is 14.1 Å². The second-order valence-corrected chi connectivity index (χ2v) is 9.81. The minimum atomic E-state index is -0.682. The first-order valence-corrected chi connectivity index (χ1v) is 13.0. The zero-order chi connectivity index (χ0) is 26.4. The van der Waals surface area contributed by atoms with E-state index in [-0.39, 0.29) is 38.0 Å². The Morgan fingerprint density at radius 1 is 1.11 bits per heavy atom. The van der Waals surface area contributed by atoms with Crippen molar-refractivity contribution in [2.45, 2.75) is 58.6 Å². The number of hydrogen-bond donors (Lipinski definition) is 1. The molecule has 1 fully saturated rings. The lowest BCUT2D eigenvalue weighted by atomic mass is 10.2. The summed E-state index contributed by atoms with van der Waals surface area (Å²) < 4.78 is 19.4. The Balaban J connectivity index is 1.62. The van der Waals surface area contributed by atoms with Crippen LogP contribution in [-0.4, -0.2) is 39.7 Å². The van der Waals surface area contributed by atoms with E-state index in [4.69, 9.17) is 37.4 Å². The molecule has 1 aromatic heterocycles. The molecule has 1 unspecified atom stereocenters. The summed E-state index contributed by atoms with van der Waals surface area (Å²) in [4.78, 5) is 30.5. The zero-order valence-electron chi connectivity index (χ0n) is 20.8. The zero-order valence-corrected chi connectivity index (χ0v) is 22.3. The Morgan fingerprint density at radius 2 is 1.89 bits per heavy atom. The molecule has 0 spiro atoms. The van der Waals surface area contributed by atoms with Crippen molar-refractivity contribution in [2.24, 2.45) is 0 Å². The summed E-state index contributed by atoms with van der Waals surface area (Å²) in [5.74, 6) is 0.623. The topological polar surface area (TPSA) is 96.6 Å². The van der Waals surface area contributed by atoms with Crippen molar-refractivity contribution in [3.05, 3.63) is 79.0 Å². The largest absolute Gasteiger partial charge is 0.489 e. The third kappa shape index (κ3) is 7.35. The molecule has 1 saturated heterocycles. The Labute approximate surface area is 224 Å². The summed E-state index contributed by atoms with van der Waals surface area (Å²) in [5, 5.41) is 4.03. The van der Waals surface area contributed by atoms with E-state index in [2.05, 4.69) is 10.3 Å². The molecular formula is C26H30Cl2N4O5. The summed E-state index contributed by atoms with van der Waals surface area (Å²) in [6, 6.07) is 12.2. The van der Waals surface area contributed by atoms with Crippen LogP contribution in [0.25, 0.3) is 0 Å². The van der Waals surface area contributed by atoms with Crippen molar-refractivity contribution in [3.8, 4) is 5.75 Å². The Kier molecular flexibility index (Phi) is 9.26. The molecule has 198 valence electrons. The number of halogens is 2. The normalized spacial score (nSPS) is 15.6. The number of aromatic nitrogens is 3. The molecular weight excluding hydrogens is 519 g/mol. The van der Waals surface area contributed by atoms with Crippen molar-refractivity contribution < 1.29 is 14.2 Å². The van der Waals surface area contributed by atoms with E-state index >= 15 is 0 Å². The predicted octanol–water partition coefficient (Wildman–Crippen LogP) is 4.83. The number of rotatable bonds is 10. The SMILES string of the molecule is CC(C)Oc1ccc(Nc2nc(=O)n(CCOC3CCCCO3)c(=O)n2Cc2ccc(Cl)cc2)cc1Cl. The van der Waals surface area contributed by atoms with Gasteiger partial charge in [0.25, 0.3) is 0 Å². The molecule has 0 aliphatic carbocycles. The average molecular weight is 549 g/mol. The molecule has 0 amide bonds. The van der Waals surface area contributed by atoms with E-state index in [1.165, 1.54) is 4.57 Å². The van der Waals surface area contributed by atoms with Gasteiger partial charge in [0.15, 0.2) is 6.29 Å². The molecule has 1 aliphatic heterocycles. The lowest BCUT2D eigenvalue weighted by molar-refractivity contribution is -0.163. The number of nitrogens with zero attached hydrogens (tertiary/aromatic N) is 3. The Morgan fingerprint density at radius 3 is 2.57 bits per heavy atom. The van der Waals surface area contributed by atoms with Gasteiger partial charge in [-0.25, -0.2) is 14.2 Å². The smallest absolute Gasteiger partial charge is 0.355 e. The number of hydrogen-bond acceptors (Lipinski definition) is 7. The van der Waals surface area contributed by atoms with Gasteiger partial charge < -0.3 is 19.5 Å². The van der Waals surface area contributed by atoms with E-state index in [1.807, 2.05) is 26.0 Å². The van der Waals surface area contributed by atoms with E-state index in [0.717, 1.165) is 29.4 Å². The van der Waals surface area contributed by atoms with Gasteiger partial charge in [0, 0.05) is 17.3 Å². The van der Waals surface area contributed by atoms with Crippen molar-refractivity contribution >= 4 is 34.8 Å². The van der Waals surface area contributed by atoms with Crippen LogP contribution in [0.4, 0.5) is 11.6 Å². The second kappa shape index (κ2) is 12.6. The molecule has 2 heterocycles. The average Bonchev–Trinajstić information content (AvgIpc) is 2.87. The Bertz CT molecular complexity index is 1320.